The Hall–Kier alpha value is -1.63. The first-order valence-corrected chi connectivity index (χ1v) is 9.52. The zero-order valence-electron chi connectivity index (χ0n) is 14.6. The van der Waals surface area contributed by atoms with Crippen LogP contribution in [0.15, 0.2) is 30.3 Å². The molecule has 2 saturated heterocycles. The van der Waals surface area contributed by atoms with Crippen molar-refractivity contribution in [2.75, 3.05) is 19.7 Å². The third-order valence-corrected chi connectivity index (χ3v) is 5.87. The molecule has 0 aromatic heterocycles. The first kappa shape index (κ1) is 16.8. The van der Waals surface area contributed by atoms with E-state index in [2.05, 4.69) is 21.3 Å². The van der Waals surface area contributed by atoms with Crippen molar-refractivity contribution in [1.29, 1.82) is 0 Å². The van der Waals surface area contributed by atoms with E-state index < -0.39 is 0 Å². The second-order valence-corrected chi connectivity index (χ2v) is 7.53. The van der Waals surface area contributed by atoms with E-state index in [0.29, 0.717) is 23.9 Å². The number of hydrazine groups is 2. The van der Waals surface area contributed by atoms with Gasteiger partial charge in [0.15, 0.2) is 0 Å². The quantitative estimate of drug-likeness (QED) is 0.772. The molecule has 1 aromatic rings. The van der Waals surface area contributed by atoms with E-state index in [0.717, 1.165) is 57.6 Å². The van der Waals surface area contributed by atoms with Gasteiger partial charge in [0.1, 0.15) is 5.75 Å². The monoisotopic (exact) mass is 344 g/mol. The van der Waals surface area contributed by atoms with Crippen molar-refractivity contribution in [2.24, 2.45) is 11.8 Å². The zero-order valence-corrected chi connectivity index (χ0v) is 14.6. The summed E-state index contributed by atoms with van der Waals surface area (Å²) in [6.45, 7) is 2.49. The Kier molecular flexibility index (Phi) is 5.20. The van der Waals surface area contributed by atoms with E-state index >= 15 is 0 Å². The Morgan fingerprint density at radius 1 is 1.04 bits per heavy atom. The summed E-state index contributed by atoms with van der Waals surface area (Å²) in [5, 5.41) is 0. The normalized spacial score (nSPS) is 30.1. The fourth-order valence-corrected chi connectivity index (χ4v) is 4.26. The molecule has 2 heterocycles. The predicted octanol–water partition coefficient (Wildman–Crippen LogP) is 1.45. The molecule has 4 rings (SSSR count). The maximum Gasteiger partial charge on any atom is 0.225 e. The molecule has 25 heavy (non-hydrogen) atoms. The smallest absolute Gasteiger partial charge is 0.225 e. The molecule has 3 atom stereocenters. The molecule has 6 heteroatoms. The molecule has 3 aliphatic rings. The lowest BCUT2D eigenvalue weighted by molar-refractivity contribution is -0.138. The molecule has 136 valence electrons. The number of benzene rings is 1. The van der Waals surface area contributed by atoms with Crippen molar-refractivity contribution in [1.82, 2.24) is 21.3 Å². The van der Waals surface area contributed by atoms with Gasteiger partial charge in [-0.2, -0.15) is 5.53 Å². The first-order valence-electron chi connectivity index (χ1n) is 9.52. The van der Waals surface area contributed by atoms with Crippen LogP contribution in [0.1, 0.15) is 32.1 Å². The second-order valence-electron chi connectivity index (χ2n) is 7.53. The van der Waals surface area contributed by atoms with Crippen LogP contribution in [0.4, 0.5) is 0 Å². The number of fused-ring (bicyclic) bond motifs is 1. The number of hydrogen-bond acceptors (Lipinski definition) is 5. The molecule has 3 fully saturated rings. The number of nitrogens with one attached hydrogen (secondary N) is 3. The molecule has 1 aliphatic carbocycles. The van der Waals surface area contributed by atoms with Gasteiger partial charge in [0.05, 0.1) is 6.61 Å². The summed E-state index contributed by atoms with van der Waals surface area (Å²) in [6.07, 6.45) is 5.06. The van der Waals surface area contributed by atoms with Gasteiger partial charge < -0.3 is 9.64 Å². The van der Waals surface area contributed by atoms with E-state index in [1.165, 1.54) is 0 Å². The second kappa shape index (κ2) is 7.72. The number of carbonyl (C=O) groups excluding carboxylic acids is 1. The summed E-state index contributed by atoms with van der Waals surface area (Å²) in [5.74, 6) is 2.01. The Bertz CT molecular complexity index is 574. The molecule has 0 spiro atoms. The number of carbonyl (C=O) groups is 1. The first-order chi connectivity index (χ1) is 12.3. The number of amides is 1. The maximum atomic E-state index is 12.9. The third-order valence-electron chi connectivity index (χ3n) is 5.87. The lowest BCUT2D eigenvalue weighted by Gasteiger charge is -2.37. The summed E-state index contributed by atoms with van der Waals surface area (Å²) in [4.78, 5) is 14.9. The summed E-state index contributed by atoms with van der Waals surface area (Å²) >= 11 is 0. The van der Waals surface area contributed by atoms with E-state index in [1.807, 2.05) is 30.3 Å². The highest BCUT2D eigenvalue weighted by Crippen LogP contribution is 2.29. The van der Waals surface area contributed by atoms with Gasteiger partial charge in [-0.05, 0) is 50.2 Å². The Balaban J connectivity index is 1.22. The lowest BCUT2D eigenvalue weighted by Crippen LogP contribution is -2.47. The molecular formula is C19H28N4O2. The average Bonchev–Trinajstić information content (AvgIpc) is 3.15. The average molecular weight is 344 g/mol. The van der Waals surface area contributed by atoms with Crippen molar-refractivity contribution in [3.8, 4) is 5.75 Å². The van der Waals surface area contributed by atoms with Crippen molar-refractivity contribution < 1.29 is 9.53 Å². The van der Waals surface area contributed by atoms with Gasteiger partial charge in [-0.15, -0.1) is 0 Å². The number of nitrogens with zero attached hydrogens (tertiary/aromatic N) is 1. The van der Waals surface area contributed by atoms with Crippen LogP contribution in [0.3, 0.4) is 0 Å². The molecule has 6 nitrogen and oxygen atoms in total. The van der Waals surface area contributed by atoms with Crippen LogP contribution in [-0.2, 0) is 4.79 Å². The summed E-state index contributed by atoms with van der Waals surface area (Å²) in [7, 11) is 0. The highest BCUT2D eigenvalue weighted by atomic mass is 16.5. The van der Waals surface area contributed by atoms with Crippen molar-refractivity contribution in [3.05, 3.63) is 30.3 Å². The van der Waals surface area contributed by atoms with Gasteiger partial charge in [-0.1, -0.05) is 18.2 Å². The zero-order chi connectivity index (χ0) is 17.1. The number of piperidine rings is 1. The van der Waals surface area contributed by atoms with Gasteiger partial charge in [0, 0.05) is 31.1 Å². The van der Waals surface area contributed by atoms with E-state index in [-0.39, 0.29) is 5.92 Å². The molecular weight excluding hydrogens is 316 g/mol. The minimum Gasteiger partial charge on any atom is -0.493 e. The summed E-state index contributed by atoms with van der Waals surface area (Å²) < 4.78 is 5.88. The van der Waals surface area contributed by atoms with Crippen LogP contribution in [0, 0.1) is 11.8 Å². The molecule has 1 aromatic carbocycles. The predicted molar refractivity (Wildman–Crippen MR) is 95.6 cm³/mol. The van der Waals surface area contributed by atoms with Crippen molar-refractivity contribution in [3.63, 3.8) is 0 Å². The topological polar surface area (TPSA) is 65.6 Å². The SMILES string of the molecule is O=C(C1CCC2NNNC2C1)N1CCC(COc2ccccc2)CC1. The standard InChI is InChI=1S/C19H28N4O2/c24-19(15-6-7-17-18(12-15)21-22-20-17)23-10-8-14(9-11-23)13-25-16-4-2-1-3-5-16/h1-5,14-15,17-18,20-22H,6-13H2. The Morgan fingerprint density at radius 2 is 1.80 bits per heavy atom. The van der Waals surface area contributed by atoms with Gasteiger partial charge in [0.25, 0.3) is 0 Å². The van der Waals surface area contributed by atoms with Crippen LogP contribution in [0.5, 0.6) is 5.75 Å². The highest BCUT2D eigenvalue weighted by molar-refractivity contribution is 5.79. The fourth-order valence-electron chi connectivity index (χ4n) is 4.26. The minimum absolute atomic E-state index is 0.174. The van der Waals surface area contributed by atoms with Gasteiger partial charge in [0.2, 0.25) is 5.91 Å². The largest absolute Gasteiger partial charge is 0.493 e. The van der Waals surface area contributed by atoms with E-state index in [9.17, 15) is 4.79 Å². The van der Waals surface area contributed by atoms with Crippen molar-refractivity contribution in [2.45, 2.75) is 44.2 Å². The van der Waals surface area contributed by atoms with Gasteiger partial charge in [-0.3, -0.25) is 4.79 Å². The number of rotatable bonds is 4. The lowest BCUT2D eigenvalue weighted by atomic mass is 9.82. The Labute approximate surface area is 149 Å². The molecule has 0 bridgehead atoms. The Morgan fingerprint density at radius 3 is 2.60 bits per heavy atom. The third kappa shape index (κ3) is 3.97. The van der Waals surface area contributed by atoms with E-state index in [4.69, 9.17) is 4.74 Å². The maximum absolute atomic E-state index is 12.9. The molecule has 1 amide bonds. The van der Waals surface area contributed by atoms with Crippen LogP contribution < -0.4 is 21.1 Å². The highest BCUT2D eigenvalue weighted by Gasteiger charge is 2.38. The number of para-hydroxylation sites is 1. The van der Waals surface area contributed by atoms with Gasteiger partial charge >= 0.3 is 0 Å². The fraction of sp³-hybridized carbons (Fsp3) is 0.632. The molecule has 3 N–H and O–H groups in total. The number of ether oxygens (including phenoxy) is 1. The van der Waals surface area contributed by atoms with Crippen molar-refractivity contribution >= 4 is 5.91 Å². The molecule has 1 saturated carbocycles. The molecule has 2 aliphatic heterocycles. The minimum atomic E-state index is 0.174. The van der Waals surface area contributed by atoms with Crippen LogP contribution in [-0.4, -0.2) is 42.6 Å². The van der Waals surface area contributed by atoms with Crippen LogP contribution in [0.25, 0.3) is 0 Å². The van der Waals surface area contributed by atoms with Crippen LogP contribution in [0.2, 0.25) is 0 Å². The van der Waals surface area contributed by atoms with Crippen LogP contribution >= 0.6 is 0 Å². The van der Waals surface area contributed by atoms with E-state index in [1.54, 1.807) is 0 Å². The number of likely N-dealkylation sites (tertiary alicyclic amines) is 1. The molecule has 0 radical (unpaired) electrons. The van der Waals surface area contributed by atoms with Gasteiger partial charge in [-0.25, -0.2) is 10.9 Å². The summed E-state index contributed by atoms with van der Waals surface area (Å²) in [5.41, 5.74) is 9.47. The summed E-state index contributed by atoms with van der Waals surface area (Å²) in [6, 6.07) is 10.8. The molecule has 3 unspecified atom stereocenters. The number of hydrogen-bond donors (Lipinski definition) is 3.